The SMILES string of the molecule is CSc1nsc(NN=Cc2cn(-c3ccccc3)nc2-c2cccs2)c1C#N. The number of para-hydroxylation sites is 1. The van der Waals surface area contributed by atoms with Crippen LogP contribution in [0.2, 0.25) is 0 Å². The molecular weight excluding hydrogens is 408 g/mol. The van der Waals surface area contributed by atoms with Crippen LogP contribution >= 0.6 is 34.6 Å². The molecule has 9 heteroatoms. The first kappa shape index (κ1) is 18.4. The molecule has 0 fully saturated rings. The third kappa shape index (κ3) is 3.71. The number of nitriles is 1. The van der Waals surface area contributed by atoms with Crippen molar-refractivity contribution in [1.82, 2.24) is 14.2 Å². The predicted molar refractivity (Wildman–Crippen MR) is 117 cm³/mol. The Kier molecular flexibility index (Phi) is 5.53. The van der Waals surface area contributed by atoms with Gasteiger partial charge < -0.3 is 0 Å². The Morgan fingerprint density at radius 3 is 2.82 bits per heavy atom. The Morgan fingerprint density at radius 1 is 1.25 bits per heavy atom. The molecule has 4 aromatic rings. The van der Waals surface area contributed by atoms with Crippen LogP contribution in [-0.4, -0.2) is 26.6 Å². The Labute approximate surface area is 174 Å². The second-order valence-corrected chi connectivity index (χ2v) is 8.08. The fraction of sp³-hybridized carbons (Fsp3) is 0.0526. The Hall–Kier alpha value is -2.93. The first-order valence-electron chi connectivity index (χ1n) is 8.22. The number of rotatable bonds is 6. The molecule has 0 radical (unpaired) electrons. The lowest BCUT2D eigenvalue weighted by atomic mass is 10.2. The number of hydrogen-bond acceptors (Lipinski definition) is 8. The third-order valence-electron chi connectivity index (χ3n) is 3.85. The number of anilines is 1. The van der Waals surface area contributed by atoms with Crippen molar-refractivity contribution >= 4 is 45.8 Å². The lowest BCUT2D eigenvalue weighted by Gasteiger charge is -1.98. The van der Waals surface area contributed by atoms with E-state index in [1.54, 1.807) is 17.6 Å². The zero-order valence-electron chi connectivity index (χ0n) is 14.7. The number of hydrazone groups is 1. The van der Waals surface area contributed by atoms with Crippen molar-refractivity contribution in [3.8, 4) is 22.3 Å². The maximum absolute atomic E-state index is 9.33. The predicted octanol–water partition coefficient (Wildman–Crippen LogP) is 5.10. The Bertz CT molecular complexity index is 1140. The highest BCUT2D eigenvalue weighted by molar-refractivity contribution is 7.98. The maximum Gasteiger partial charge on any atom is 0.148 e. The van der Waals surface area contributed by atoms with Crippen LogP contribution in [0.15, 0.2) is 64.2 Å². The molecule has 0 saturated carbocycles. The number of nitrogens with one attached hydrogen (secondary N) is 1. The van der Waals surface area contributed by atoms with E-state index in [-0.39, 0.29) is 0 Å². The normalized spacial score (nSPS) is 11.0. The van der Waals surface area contributed by atoms with Crippen LogP contribution in [0.5, 0.6) is 0 Å². The van der Waals surface area contributed by atoms with E-state index in [0.29, 0.717) is 15.6 Å². The third-order valence-corrected chi connectivity index (χ3v) is 6.28. The molecule has 0 aliphatic carbocycles. The number of thiophene rings is 1. The minimum absolute atomic E-state index is 0.521. The van der Waals surface area contributed by atoms with Crippen molar-refractivity contribution in [2.45, 2.75) is 5.03 Å². The maximum atomic E-state index is 9.33. The number of hydrogen-bond donors (Lipinski definition) is 1. The second kappa shape index (κ2) is 8.39. The summed E-state index contributed by atoms with van der Waals surface area (Å²) in [5, 5.41) is 21.8. The Morgan fingerprint density at radius 2 is 2.11 bits per heavy atom. The summed E-state index contributed by atoms with van der Waals surface area (Å²) in [6.45, 7) is 0. The van der Waals surface area contributed by atoms with E-state index in [4.69, 9.17) is 5.10 Å². The molecule has 0 aliphatic heterocycles. The standard InChI is InChI=1S/C19H14N6S3/c1-26-19-15(10-20)18(28-24-19)22-21-11-13-12-25(14-6-3-2-4-7-14)23-17(13)16-8-5-9-27-16/h2-9,11-12,22H,1H3. The molecule has 0 spiro atoms. The van der Waals surface area contributed by atoms with E-state index in [0.717, 1.165) is 21.8 Å². The zero-order chi connectivity index (χ0) is 19.3. The molecule has 0 saturated heterocycles. The van der Waals surface area contributed by atoms with E-state index < -0.39 is 0 Å². The molecule has 138 valence electrons. The highest BCUT2D eigenvalue weighted by Gasteiger charge is 2.14. The van der Waals surface area contributed by atoms with Gasteiger partial charge in [0.1, 0.15) is 27.4 Å². The fourth-order valence-corrected chi connectivity index (χ4v) is 4.70. The fourth-order valence-electron chi connectivity index (χ4n) is 2.55. The molecular formula is C19H14N6S3. The highest BCUT2D eigenvalue weighted by Crippen LogP contribution is 2.30. The average molecular weight is 423 g/mol. The van der Waals surface area contributed by atoms with Gasteiger partial charge in [-0.15, -0.1) is 23.1 Å². The second-order valence-electron chi connectivity index (χ2n) is 5.57. The van der Waals surface area contributed by atoms with Gasteiger partial charge in [0.25, 0.3) is 0 Å². The molecule has 1 aromatic carbocycles. The number of nitrogens with zero attached hydrogens (tertiary/aromatic N) is 5. The molecule has 0 atom stereocenters. The minimum atomic E-state index is 0.521. The van der Waals surface area contributed by atoms with Crippen LogP contribution in [-0.2, 0) is 0 Å². The molecule has 0 amide bonds. The zero-order valence-corrected chi connectivity index (χ0v) is 17.2. The summed E-state index contributed by atoms with van der Waals surface area (Å²) in [6.07, 6.45) is 5.57. The molecule has 0 aliphatic rings. The van der Waals surface area contributed by atoms with Crippen LogP contribution in [0.4, 0.5) is 5.00 Å². The smallest absolute Gasteiger partial charge is 0.148 e. The van der Waals surface area contributed by atoms with Gasteiger partial charge in [-0.25, -0.2) is 4.68 Å². The molecule has 0 unspecified atom stereocenters. The van der Waals surface area contributed by atoms with E-state index in [1.807, 2.05) is 65.0 Å². The molecule has 4 rings (SSSR count). The first-order chi connectivity index (χ1) is 13.8. The molecule has 6 nitrogen and oxygen atoms in total. The van der Waals surface area contributed by atoms with Gasteiger partial charge in [-0.1, -0.05) is 24.3 Å². The van der Waals surface area contributed by atoms with Crippen LogP contribution < -0.4 is 5.43 Å². The molecule has 28 heavy (non-hydrogen) atoms. The van der Waals surface area contributed by atoms with E-state index in [1.165, 1.54) is 23.3 Å². The number of benzene rings is 1. The van der Waals surface area contributed by atoms with Crippen molar-refractivity contribution in [3.05, 3.63) is 65.2 Å². The molecule has 1 N–H and O–H groups in total. The summed E-state index contributed by atoms with van der Waals surface area (Å²) in [6, 6.07) is 16.2. The quantitative estimate of drug-likeness (QED) is 0.266. The van der Waals surface area contributed by atoms with Crippen LogP contribution in [0, 0.1) is 11.3 Å². The van der Waals surface area contributed by atoms with Gasteiger partial charge in [0, 0.05) is 11.8 Å². The number of thioether (sulfide) groups is 1. The van der Waals surface area contributed by atoms with Gasteiger partial charge in [-0.05, 0) is 41.4 Å². The van der Waals surface area contributed by atoms with E-state index >= 15 is 0 Å². The van der Waals surface area contributed by atoms with Gasteiger partial charge in [0.15, 0.2) is 0 Å². The van der Waals surface area contributed by atoms with Crippen LogP contribution in [0.1, 0.15) is 11.1 Å². The highest BCUT2D eigenvalue weighted by atomic mass is 32.2. The van der Waals surface area contributed by atoms with E-state index in [2.05, 4.69) is 21.0 Å². The van der Waals surface area contributed by atoms with Crippen LogP contribution in [0.25, 0.3) is 16.3 Å². The van der Waals surface area contributed by atoms with Gasteiger partial charge in [0.2, 0.25) is 0 Å². The topological polar surface area (TPSA) is 78.9 Å². The summed E-state index contributed by atoms with van der Waals surface area (Å²) < 4.78 is 6.11. The largest absolute Gasteiger partial charge is 0.266 e. The van der Waals surface area contributed by atoms with Crippen molar-refractivity contribution < 1.29 is 0 Å². The average Bonchev–Trinajstić information content (AvgIpc) is 3.47. The lowest BCUT2D eigenvalue weighted by Crippen LogP contribution is -1.93. The summed E-state index contributed by atoms with van der Waals surface area (Å²) in [7, 11) is 0. The summed E-state index contributed by atoms with van der Waals surface area (Å²) >= 11 is 4.30. The lowest BCUT2D eigenvalue weighted by molar-refractivity contribution is 0.885. The van der Waals surface area contributed by atoms with Crippen molar-refractivity contribution in [2.75, 3.05) is 11.7 Å². The Balaban J connectivity index is 1.65. The summed E-state index contributed by atoms with van der Waals surface area (Å²) in [5.41, 5.74) is 6.19. The monoisotopic (exact) mass is 422 g/mol. The molecule has 0 bridgehead atoms. The number of aromatic nitrogens is 3. The van der Waals surface area contributed by atoms with E-state index in [9.17, 15) is 5.26 Å². The minimum Gasteiger partial charge on any atom is -0.266 e. The van der Waals surface area contributed by atoms with Gasteiger partial charge in [0.05, 0.1) is 16.8 Å². The van der Waals surface area contributed by atoms with Gasteiger partial charge >= 0.3 is 0 Å². The van der Waals surface area contributed by atoms with Gasteiger partial charge in [-0.2, -0.15) is 19.8 Å². The van der Waals surface area contributed by atoms with Crippen molar-refractivity contribution in [2.24, 2.45) is 5.10 Å². The van der Waals surface area contributed by atoms with Crippen molar-refractivity contribution in [1.29, 1.82) is 5.26 Å². The van der Waals surface area contributed by atoms with Crippen molar-refractivity contribution in [3.63, 3.8) is 0 Å². The first-order valence-corrected chi connectivity index (χ1v) is 11.1. The van der Waals surface area contributed by atoms with Gasteiger partial charge in [-0.3, -0.25) is 5.43 Å². The molecule has 3 heterocycles. The van der Waals surface area contributed by atoms with Crippen LogP contribution in [0.3, 0.4) is 0 Å². The molecule has 3 aromatic heterocycles. The summed E-state index contributed by atoms with van der Waals surface area (Å²) in [4.78, 5) is 1.07. The summed E-state index contributed by atoms with van der Waals surface area (Å²) in [5.74, 6) is 0.